The van der Waals surface area contributed by atoms with Gasteiger partial charge in [0.15, 0.2) is 5.78 Å². The van der Waals surface area contributed by atoms with Gasteiger partial charge in [0.2, 0.25) is 0 Å². The van der Waals surface area contributed by atoms with Crippen molar-refractivity contribution in [3.63, 3.8) is 0 Å². The molecule has 0 aliphatic rings. The minimum Gasteiger partial charge on any atom is -0.295 e. The third kappa shape index (κ3) is 6.02. The molecule has 0 saturated carbocycles. The second kappa shape index (κ2) is 7.44. The van der Waals surface area contributed by atoms with Crippen LogP contribution in [0.5, 0.6) is 0 Å². The van der Waals surface area contributed by atoms with Crippen LogP contribution in [0.25, 0.3) is 0 Å². The third-order valence-corrected chi connectivity index (χ3v) is 2.99. The van der Waals surface area contributed by atoms with Crippen LogP contribution in [-0.4, -0.2) is 30.3 Å². The Morgan fingerprint density at radius 2 is 1.47 bits per heavy atom. The van der Waals surface area contributed by atoms with Crippen molar-refractivity contribution >= 4 is 5.78 Å². The SMILES string of the molecule is Cc1ccc(C(=O)CN(CC(C)C)CC(C)C)cc1. The Hall–Kier alpha value is -1.15. The molecule has 0 unspecified atom stereocenters. The maximum atomic E-state index is 12.3. The maximum absolute atomic E-state index is 12.3. The van der Waals surface area contributed by atoms with Crippen molar-refractivity contribution in [2.24, 2.45) is 11.8 Å². The highest BCUT2D eigenvalue weighted by Crippen LogP contribution is 2.08. The highest BCUT2D eigenvalue weighted by molar-refractivity contribution is 5.97. The van der Waals surface area contributed by atoms with Gasteiger partial charge in [-0.1, -0.05) is 57.5 Å². The van der Waals surface area contributed by atoms with Crippen LogP contribution in [0.15, 0.2) is 24.3 Å². The van der Waals surface area contributed by atoms with Crippen molar-refractivity contribution < 1.29 is 4.79 Å². The van der Waals surface area contributed by atoms with Crippen LogP contribution in [0.3, 0.4) is 0 Å². The molecule has 1 aromatic carbocycles. The summed E-state index contributed by atoms with van der Waals surface area (Å²) in [7, 11) is 0. The Morgan fingerprint density at radius 1 is 1.00 bits per heavy atom. The van der Waals surface area contributed by atoms with Gasteiger partial charge < -0.3 is 0 Å². The molecule has 106 valence electrons. The first-order valence-corrected chi connectivity index (χ1v) is 7.20. The Balaban J connectivity index is 2.66. The van der Waals surface area contributed by atoms with Gasteiger partial charge in [-0.2, -0.15) is 0 Å². The quantitative estimate of drug-likeness (QED) is 0.696. The largest absolute Gasteiger partial charge is 0.295 e. The third-order valence-electron chi connectivity index (χ3n) is 2.99. The molecule has 0 saturated heterocycles. The highest BCUT2D eigenvalue weighted by Gasteiger charge is 2.14. The number of nitrogens with zero attached hydrogens (tertiary/aromatic N) is 1. The average molecular weight is 261 g/mol. The Bertz CT molecular complexity index is 382. The minimum atomic E-state index is 0.223. The number of carbonyl (C=O) groups is 1. The molecule has 0 heterocycles. The van der Waals surface area contributed by atoms with E-state index in [0.717, 1.165) is 18.7 Å². The summed E-state index contributed by atoms with van der Waals surface area (Å²) in [5, 5.41) is 0. The zero-order valence-electron chi connectivity index (χ0n) is 12.9. The summed E-state index contributed by atoms with van der Waals surface area (Å²) in [6.45, 7) is 13.3. The van der Waals surface area contributed by atoms with Gasteiger partial charge in [-0.25, -0.2) is 0 Å². The summed E-state index contributed by atoms with van der Waals surface area (Å²) in [5.74, 6) is 1.40. The van der Waals surface area contributed by atoms with E-state index in [9.17, 15) is 4.79 Å². The lowest BCUT2D eigenvalue weighted by Gasteiger charge is -2.25. The lowest BCUT2D eigenvalue weighted by atomic mass is 10.1. The topological polar surface area (TPSA) is 20.3 Å². The van der Waals surface area contributed by atoms with Gasteiger partial charge in [-0.3, -0.25) is 9.69 Å². The van der Waals surface area contributed by atoms with Crippen LogP contribution >= 0.6 is 0 Å². The molecule has 0 fully saturated rings. The van der Waals surface area contributed by atoms with Crippen molar-refractivity contribution in [3.8, 4) is 0 Å². The number of hydrogen-bond acceptors (Lipinski definition) is 2. The van der Waals surface area contributed by atoms with E-state index >= 15 is 0 Å². The molecule has 0 aromatic heterocycles. The second-order valence-electron chi connectivity index (χ2n) is 6.27. The van der Waals surface area contributed by atoms with E-state index < -0.39 is 0 Å². The molecule has 0 radical (unpaired) electrons. The molecular formula is C17H27NO. The molecule has 0 aliphatic heterocycles. The normalized spacial score (nSPS) is 11.6. The number of rotatable bonds is 7. The van der Waals surface area contributed by atoms with Crippen LogP contribution in [0.4, 0.5) is 0 Å². The van der Waals surface area contributed by atoms with Crippen LogP contribution < -0.4 is 0 Å². The molecule has 1 aromatic rings. The smallest absolute Gasteiger partial charge is 0.176 e. The number of aryl methyl sites for hydroxylation is 1. The first-order valence-electron chi connectivity index (χ1n) is 7.20. The Kier molecular flexibility index (Phi) is 6.23. The molecule has 2 nitrogen and oxygen atoms in total. The van der Waals surface area contributed by atoms with Gasteiger partial charge in [0.25, 0.3) is 0 Å². The van der Waals surface area contributed by atoms with E-state index in [2.05, 4.69) is 32.6 Å². The average Bonchev–Trinajstić information content (AvgIpc) is 2.27. The molecule has 0 aliphatic carbocycles. The molecule has 0 amide bonds. The van der Waals surface area contributed by atoms with Crippen molar-refractivity contribution in [2.45, 2.75) is 34.6 Å². The molecule has 0 atom stereocenters. The predicted octanol–water partition coefficient (Wildman–Crippen LogP) is 3.79. The monoisotopic (exact) mass is 261 g/mol. The number of carbonyl (C=O) groups excluding carboxylic acids is 1. The van der Waals surface area contributed by atoms with E-state index in [1.807, 2.05) is 31.2 Å². The zero-order chi connectivity index (χ0) is 14.4. The molecular weight excluding hydrogens is 234 g/mol. The number of Topliss-reactive ketones (excluding diaryl/α,β-unsaturated/α-hetero) is 1. The standard InChI is InChI=1S/C17H27NO/c1-13(2)10-18(11-14(3)4)12-17(19)16-8-6-15(5)7-9-16/h6-9,13-14H,10-12H2,1-5H3. The van der Waals surface area contributed by atoms with Crippen molar-refractivity contribution in [3.05, 3.63) is 35.4 Å². The predicted molar refractivity (Wildman–Crippen MR) is 81.6 cm³/mol. The molecule has 1 rings (SSSR count). The van der Waals surface area contributed by atoms with Crippen molar-refractivity contribution in [2.75, 3.05) is 19.6 Å². The van der Waals surface area contributed by atoms with Crippen molar-refractivity contribution in [1.29, 1.82) is 0 Å². The summed E-state index contributed by atoms with van der Waals surface area (Å²) in [6.07, 6.45) is 0. The van der Waals surface area contributed by atoms with Crippen molar-refractivity contribution in [1.82, 2.24) is 4.90 Å². The summed E-state index contributed by atoms with van der Waals surface area (Å²) in [4.78, 5) is 14.6. The minimum absolute atomic E-state index is 0.223. The molecule has 2 heteroatoms. The number of ketones is 1. The van der Waals surface area contributed by atoms with Crippen LogP contribution in [0.1, 0.15) is 43.6 Å². The fraction of sp³-hybridized carbons (Fsp3) is 0.588. The van der Waals surface area contributed by atoms with Gasteiger partial charge in [-0.15, -0.1) is 0 Å². The van der Waals surface area contributed by atoms with Gasteiger partial charge in [0.1, 0.15) is 0 Å². The van der Waals surface area contributed by atoms with E-state index in [1.165, 1.54) is 5.56 Å². The lowest BCUT2D eigenvalue weighted by Crippen LogP contribution is -2.35. The molecule has 19 heavy (non-hydrogen) atoms. The van der Waals surface area contributed by atoms with Crippen LogP contribution in [-0.2, 0) is 0 Å². The van der Waals surface area contributed by atoms with Gasteiger partial charge in [0.05, 0.1) is 6.54 Å². The second-order valence-corrected chi connectivity index (χ2v) is 6.27. The first-order chi connectivity index (χ1) is 8.88. The number of benzene rings is 1. The van der Waals surface area contributed by atoms with Crippen LogP contribution in [0, 0.1) is 18.8 Å². The fourth-order valence-electron chi connectivity index (χ4n) is 2.27. The first kappa shape index (κ1) is 15.9. The molecule has 0 spiro atoms. The molecule has 0 bridgehead atoms. The summed E-state index contributed by atoms with van der Waals surface area (Å²) >= 11 is 0. The van der Waals surface area contributed by atoms with Gasteiger partial charge in [0, 0.05) is 18.7 Å². The fourth-order valence-corrected chi connectivity index (χ4v) is 2.27. The lowest BCUT2D eigenvalue weighted by molar-refractivity contribution is 0.0912. The van der Waals surface area contributed by atoms with E-state index in [4.69, 9.17) is 0 Å². The van der Waals surface area contributed by atoms with E-state index in [0.29, 0.717) is 18.4 Å². The van der Waals surface area contributed by atoms with E-state index in [1.54, 1.807) is 0 Å². The summed E-state index contributed by atoms with van der Waals surface area (Å²) in [6, 6.07) is 7.87. The van der Waals surface area contributed by atoms with E-state index in [-0.39, 0.29) is 5.78 Å². The Morgan fingerprint density at radius 3 is 1.89 bits per heavy atom. The Labute approximate surface area is 117 Å². The van der Waals surface area contributed by atoms with Gasteiger partial charge >= 0.3 is 0 Å². The maximum Gasteiger partial charge on any atom is 0.176 e. The summed E-state index contributed by atoms with van der Waals surface area (Å²) < 4.78 is 0. The highest BCUT2D eigenvalue weighted by atomic mass is 16.1. The zero-order valence-corrected chi connectivity index (χ0v) is 12.9. The number of hydrogen-bond donors (Lipinski definition) is 0. The van der Waals surface area contributed by atoms with Gasteiger partial charge in [-0.05, 0) is 18.8 Å². The van der Waals surface area contributed by atoms with Crippen LogP contribution in [0.2, 0.25) is 0 Å². The molecule has 0 N–H and O–H groups in total. The summed E-state index contributed by atoms with van der Waals surface area (Å²) in [5.41, 5.74) is 2.01.